The van der Waals surface area contributed by atoms with Crippen LogP contribution in [0.1, 0.15) is 16.7 Å². The van der Waals surface area contributed by atoms with Crippen LogP contribution in [0.25, 0.3) is 0 Å². The number of benzene rings is 3. The van der Waals surface area contributed by atoms with Crippen molar-refractivity contribution >= 4 is 29.2 Å². The van der Waals surface area contributed by atoms with Crippen molar-refractivity contribution in [3.63, 3.8) is 0 Å². The van der Waals surface area contributed by atoms with Crippen molar-refractivity contribution in [3.05, 3.63) is 95.6 Å². The van der Waals surface area contributed by atoms with Crippen LogP contribution in [-0.4, -0.2) is 11.3 Å². The minimum atomic E-state index is 0.434. The van der Waals surface area contributed by atoms with Gasteiger partial charge in [0.25, 0.3) is 0 Å². The predicted octanol–water partition coefficient (Wildman–Crippen LogP) is 4.89. The maximum atomic E-state index is 5.86. The molecule has 2 N–H and O–H groups in total. The molecule has 0 unspecified atom stereocenters. The molecule has 0 radical (unpaired) electrons. The summed E-state index contributed by atoms with van der Waals surface area (Å²) in [6, 6.07) is 25.8. The molecule has 0 saturated carbocycles. The highest BCUT2D eigenvalue weighted by atomic mass is 32.1. The van der Waals surface area contributed by atoms with Crippen LogP contribution >= 0.6 is 12.2 Å². The SMILES string of the molecule is Cc1ccc(COc2cccc(/C=N\NC(=S)Nc3ccccc3)c2)cc1. The molecule has 3 aromatic carbocycles. The van der Waals surface area contributed by atoms with Crippen LogP contribution < -0.4 is 15.5 Å². The van der Waals surface area contributed by atoms with Gasteiger partial charge in [0.15, 0.2) is 5.11 Å². The standard InChI is InChI=1S/C22H21N3OS/c1-17-10-12-18(13-11-17)16-26-21-9-5-6-19(14-21)15-23-25-22(27)24-20-7-3-2-4-8-20/h2-15H,16H2,1H3,(H2,24,25,27)/b23-15-. The summed E-state index contributed by atoms with van der Waals surface area (Å²) in [5, 5.41) is 7.67. The Kier molecular flexibility index (Phi) is 6.55. The highest BCUT2D eigenvalue weighted by Crippen LogP contribution is 2.14. The average molecular weight is 375 g/mol. The van der Waals surface area contributed by atoms with Crippen molar-refractivity contribution in [3.8, 4) is 5.75 Å². The van der Waals surface area contributed by atoms with E-state index in [0.717, 1.165) is 22.6 Å². The van der Waals surface area contributed by atoms with Gasteiger partial charge in [0.1, 0.15) is 12.4 Å². The lowest BCUT2D eigenvalue weighted by Crippen LogP contribution is -2.23. The summed E-state index contributed by atoms with van der Waals surface area (Å²) >= 11 is 5.22. The molecule has 0 fully saturated rings. The van der Waals surface area contributed by atoms with Gasteiger partial charge in [0, 0.05) is 5.69 Å². The van der Waals surface area contributed by atoms with Gasteiger partial charge >= 0.3 is 0 Å². The third-order valence-electron chi connectivity index (χ3n) is 3.80. The van der Waals surface area contributed by atoms with Crippen LogP contribution in [0.3, 0.4) is 0 Å². The lowest BCUT2D eigenvalue weighted by molar-refractivity contribution is 0.306. The number of para-hydroxylation sites is 1. The lowest BCUT2D eigenvalue weighted by atomic mass is 10.2. The minimum absolute atomic E-state index is 0.434. The molecule has 0 spiro atoms. The van der Waals surface area contributed by atoms with Crippen LogP contribution in [-0.2, 0) is 6.61 Å². The zero-order valence-corrected chi connectivity index (χ0v) is 15.9. The molecule has 0 amide bonds. The molecule has 5 heteroatoms. The van der Waals surface area contributed by atoms with Crippen LogP contribution in [0, 0.1) is 6.92 Å². The maximum absolute atomic E-state index is 5.86. The van der Waals surface area contributed by atoms with Crippen LogP contribution in [0.4, 0.5) is 5.69 Å². The van der Waals surface area contributed by atoms with Gasteiger partial charge in [-0.1, -0.05) is 60.2 Å². The van der Waals surface area contributed by atoms with Gasteiger partial charge in [-0.3, -0.25) is 5.43 Å². The Labute approximate surface area is 164 Å². The van der Waals surface area contributed by atoms with Crippen LogP contribution in [0.5, 0.6) is 5.75 Å². The third-order valence-corrected chi connectivity index (χ3v) is 3.99. The zero-order chi connectivity index (χ0) is 18.9. The molecule has 27 heavy (non-hydrogen) atoms. The summed E-state index contributed by atoms with van der Waals surface area (Å²) in [5.74, 6) is 0.796. The van der Waals surface area contributed by atoms with Crippen molar-refractivity contribution in [1.82, 2.24) is 5.43 Å². The molecule has 0 bridgehead atoms. The molecule has 0 atom stereocenters. The van der Waals surface area contributed by atoms with Crippen molar-refractivity contribution in [2.45, 2.75) is 13.5 Å². The highest BCUT2D eigenvalue weighted by molar-refractivity contribution is 7.80. The second kappa shape index (κ2) is 9.50. The average Bonchev–Trinajstić information content (AvgIpc) is 2.69. The summed E-state index contributed by atoms with van der Waals surface area (Å²) in [7, 11) is 0. The number of hydrogen-bond donors (Lipinski definition) is 2. The fourth-order valence-electron chi connectivity index (χ4n) is 2.38. The molecule has 0 aliphatic heterocycles. The minimum Gasteiger partial charge on any atom is -0.489 e. The van der Waals surface area contributed by atoms with Gasteiger partial charge in [-0.15, -0.1) is 0 Å². The molecule has 4 nitrogen and oxygen atoms in total. The zero-order valence-electron chi connectivity index (χ0n) is 15.1. The number of rotatable bonds is 6. The summed E-state index contributed by atoms with van der Waals surface area (Å²) < 4.78 is 5.86. The van der Waals surface area contributed by atoms with Crippen molar-refractivity contribution in [2.24, 2.45) is 5.10 Å². The Morgan fingerprint density at radius 2 is 1.78 bits per heavy atom. The van der Waals surface area contributed by atoms with E-state index in [1.54, 1.807) is 6.21 Å². The van der Waals surface area contributed by atoms with E-state index >= 15 is 0 Å². The molecule has 0 saturated heterocycles. The number of ether oxygens (including phenoxy) is 1. The van der Waals surface area contributed by atoms with E-state index in [1.807, 2.05) is 54.6 Å². The van der Waals surface area contributed by atoms with Crippen molar-refractivity contribution in [2.75, 3.05) is 5.32 Å². The van der Waals surface area contributed by atoms with Crippen molar-refractivity contribution < 1.29 is 4.74 Å². The Balaban J connectivity index is 1.51. The number of anilines is 1. The fraction of sp³-hybridized carbons (Fsp3) is 0.0909. The first-order valence-electron chi connectivity index (χ1n) is 8.62. The van der Waals surface area contributed by atoms with Gasteiger partial charge in [0.2, 0.25) is 0 Å². The predicted molar refractivity (Wildman–Crippen MR) is 115 cm³/mol. The summed E-state index contributed by atoms with van der Waals surface area (Å²) in [6.45, 7) is 2.60. The number of hydrogen-bond acceptors (Lipinski definition) is 3. The topological polar surface area (TPSA) is 45.6 Å². The fourth-order valence-corrected chi connectivity index (χ4v) is 2.55. The molecule has 0 aromatic heterocycles. The monoisotopic (exact) mass is 375 g/mol. The van der Waals surface area contributed by atoms with Crippen LogP contribution in [0.15, 0.2) is 84.0 Å². The molecular weight excluding hydrogens is 354 g/mol. The van der Waals surface area contributed by atoms with E-state index in [-0.39, 0.29) is 0 Å². The normalized spacial score (nSPS) is 10.6. The maximum Gasteiger partial charge on any atom is 0.191 e. The number of hydrazone groups is 1. The molecule has 3 aromatic rings. The summed E-state index contributed by atoms with van der Waals surface area (Å²) in [4.78, 5) is 0. The molecule has 0 heterocycles. The van der Waals surface area contributed by atoms with E-state index in [1.165, 1.54) is 5.56 Å². The first-order valence-corrected chi connectivity index (χ1v) is 9.03. The third kappa shape index (κ3) is 6.24. The first kappa shape index (κ1) is 18.6. The summed E-state index contributed by atoms with van der Waals surface area (Å²) in [6.07, 6.45) is 1.71. The second-order valence-electron chi connectivity index (χ2n) is 6.04. The molecule has 0 aliphatic carbocycles. The largest absolute Gasteiger partial charge is 0.489 e. The van der Waals surface area contributed by atoms with E-state index in [4.69, 9.17) is 17.0 Å². The Hall–Kier alpha value is -3.18. The van der Waals surface area contributed by atoms with Crippen molar-refractivity contribution in [1.29, 1.82) is 0 Å². The number of thiocarbonyl (C=S) groups is 1. The van der Waals surface area contributed by atoms with Crippen LogP contribution in [0.2, 0.25) is 0 Å². The second-order valence-corrected chi connectivity index (χ2v) is 6.45. The molecular formula is C22H21N3OS. The van der Waals surface area contributed by atoms with Gasteiger partial charge in [0.05, 0.1) is 6.21 Å². The molecule has 0 aliphatic rings. The van der Waals surface area contributed by atoms with E-state index in [0.29, 0.717) is 11.7 Å². The van der Waals surface area contributed by atoms with E-state index < -0.39 is 0 Å². The van der Waals surface area contributed by atoms with Gasteiger partial charge in [-0.2, -0.15) is 5.10 Å². The van der Waals surface area contributed by atoms with Gasteiger partial charge in [-0.05, 0) is 54.5 Å². The highest BCUT2D eigenvalue weighted by Gasteiger charge is 1.98. The Morgan fingerprint density at radius 1 is 1.00 bits per heavy atom. The number of nitrogens with zero attached hydrogens (tertiary/aromatic N) is 1. The van der Waals surface area contributed by atoms with Gasteiger partial charge in [-0.25, -0.2) is 0 Å². The molecule has 3 rings (SSSR count). The number of nitrogens with one attached hydrogen (secondary N) is 2. The summed E-state index contributed by atoms with van der Waals surface area (Å²) in [5.41, 5.74) is 7.02. The smallest absolute Gasteiger partial charge is 0.191 e. The van der Waals surface area contributed by atoms with E-state index in [9.17, 15) is 0 Å². The number of aryl methyl sites for hydroxylation is 1. The Bertz CT molecular complexity index is 908. The Morgan fingerprint density at radius 3 is 2.56 bits per heavy atom. The van der Waals surface area contributed by atoms with E-state index in [2.05, 4.69) is 47.0 Å². The molecule has 136 valence electrons. The van der Waals surface area contributed by atoms with Gasteiger partial charge < -0.3 is 10.1 Å². The first-order chi connectivity index (χ1) is 13.2. The lowest BCUT2D eigenvalue weighted by Gasteiger charge is -2.08. The quantitative estimate of drug-likeness (QED) is 0.366.